The summed E-state index contributed by atoms with van der Waals surface area (Å²) in [7, 11) is 0. The van der Waals surface area contributed by atoms with E-state index in [2.05, 4.69) is 17.6 Å². The van der Waals surface area contributed by atoms with Gasteiger partial charge in [-0.1, -0.05) is 0 Å². The molecule has 1 aromatic carbocycles. The molecule has 4 fully saturated rings. The molecule has 1 amide bonds. The number of hydrogen-bond acceptors (Lipinski definition) is 3. The fourth-order valence-electron chi connectivity index (χ4n) is 6.16. The van der Waals surface area contributed by atoms with Gasteiger partial charge in [0.15, 0.2) is 5.78 Å². The molecule has 5 rings (SSSR count). The molecular formula is C22H30N2O2. The van der Waals surface area contributed by atoms with Crippen LogP contribution in [-0.2, 0) is 4.79 Å². The van der Waals surface area contributed by atoms with Gasteiger partial charge in [-0.05, 0) is 99.8 Å². The molecule has 0 aliphatic heterocycles. The summed E-state index contributed by atoms with van der Waals surface area (Å²) in [5.74, 6) is 2.82. The lowest BCUT2D eigenvalue weighted by atomic mass is 9.48. The number of carbonyl (C=O) groups excluding carboxylic acids is 2. The van der Waals surface area contributed by atoms with Crippen LogP contribution < -0.4 is 10.6 Å². The maximum atomic E-state index is 12.5. The van der Waals surface area contributed by atoms with E-state index in [-0.39, 0.29) is 24.3 Å². The highest BCUT2D eigenvalue weighted by Crippen LogP contribution is 2.61. The minimum absolute atomic E-state index is 0.0543. The summed E-state index contributed by atoms with van der Waals surface area (Å²) in [6.07, 6.45) is 8.20. The average molecular weight is 354 g/mol. The van der Waals surface area contributed by atoms with E-state index in [0.717, 1.165) is 23.4 Å². The summed E-state index contributed by atoms with van der Waals surface area (Å²) in [5, 5.41) is 6.45. The van der Waals surface area contributed by atoms with Crippen molar-refractivity contribution in [3.63, 3.8) is 0 Å². The van der Waals surface area contributed by atoms with Crippen molar-refractivity contribution in [2.24, 2.45) is 23.2 Å². The number of benzene rings is 1. The Labute approximate surface area is 156 Å². The van der Waals surface area contributed by atoms with E-state index in [4.69, 9.17) is 0 Å². The van der Waals surface area contributed by atoms with Crippen LogP contribution >= 0.6 is 0 Å². The Morgan fingerprint density at radius 2 is 1.58 bits per heavy atom. The van der Waals surface area contributed by atoms with E-state index in [1.165, 1.54) is 38.5 Å². The van der Waals surface area contributed by atoms with Gasteiger partial charge in [0.1, 0.15) is 0 Å². The van der Waals surface area contributed by atoms with Crippen LogP contribution in [0.25, 0.3) is 0 Å². The van der Waals surface area contributed by atoms with Gasteiger partial charge in [-0.15, -0.1) is 0 Å². The van der Waals surface area contributed by atoms with E-state index < -0.39 is 0 Å². The van der Waals surface area contributed by atoms with Gasteiger partial charge in [0.2, 0.25) is 5.91 Å². The first kappa shape index (κ1) is 17.6. The number of carbonyl (C=O) groups is 2. The van der Waals surface area contributed by atoms with Crippen molar-refractivity contribution < 1.29 is 9.59 Å². The number of nitrogens with one attached hydrogen (secondary N) is 2. The standard InChI is InChI=1S/C22H30N2O2/c1-14(25)19-3-5-20(6-4-19)23-13-21(26)24-15(2)22-10-16-7-17(11-22)9-18(8-16)12-22/h3-6,15-18,23H,7-13H2,1-2H3,(H,24,26). The number of hydrogen-bond donors (Lipinski definition) is 2. The topological polar surface area (TPSA) is 58.2 Å². The Bertz CT molecular complexity index is 659. The summed E-state index contributed by atoms with van der Waals surface area (Å²) in [6, 6.07) is 7.55. The first-order chi connectivity index (χ1) is 12.4. The van der Waals surface area contributed by atoms with Crippen molar-refractivity contribution in [2.75, 3.05) is 11.9 Å². The molecule has 4 aliphatic rings. The number of Topliss-reactive ketones (excluding diaryl/α,β-unsaturated/α-hetero) is 1. The maximum absolute atomic E-state index is 12.5. The van der Waals surface area contributed by atoms with Crippen LogP contribution in [0.3, 0.4) is 0 Å². The second-order valence-corrected chi connectivity index (χ2v) is 9.06. The molecule has 1 aromatic rings. The zero-order valence-electron chi connectivity index (χ0n) is 15.9. The predicted molar refractivity (Wildman–Crippen MR) is 103 cm³/mol. The monoisotopic (exact) mass is 354 g/mol. The van der Waals surface area contributed by atoms with Gasteiger partial charge in [0.25, 0.3) is 0 Å². The zero-order chi connectivity index (χ0) is 18.3. The lowest BCUT2D eigenvalue weighted by Crippen LogP contribution is -2.56. The van der Waals surface area contributed by atoms with E-state index in [0.29, 0.717) is 11.0 Å². The van der Waals surface area contributed by atoms with Gasteiger partial charge in [-0.2, -0.15) is 0 Å². The van der Waals surface area contributed by atoms with Crippen LogP contribution in [0.5, 0.6) is 0 Å². The zero-order valence-corrected chi connectivity index (χ0v) is 15.9. The van der Waals surface area contributed by atoms with Crippen molar-refractivity contribution in [3.8, 4) is 0 Å². The normalized spacial score (nSPS) is 32.9. The average Bonchev–Trinajstić information content (AvgIpc) is 2.59. The first-order valence-corrected chi connectivity index (χ1v) is 10.1. The molecule has 4 heteroatoms. The van der Waals surface area contributed by atoms with Crippen molar-refractivity contribution in [1.29, 1.82) is 0 Å². The van der Waals surface area contributed by atoms with Gasteiger partial charge in [0, 0.05) is 17.3 Å². The molecule has 1 atom stereocenters. The van der Waals surface area contributed by atoms with Gasteiger partial charge in [-0.25, -0.2) is 0 Å². The Hall–Kier alpha value is -1.84. The second-order valence-electron chi connectivity index (χ2n) is 9.06. The number of ketones is 1. The number of anilines is 1. The third-order valence-corrected chi connectivity index (χ3v) is 7.13. The maximum Gasteiger partial charge on any atom is 0.239 e. The van der Waals surface area contributed by atoms with Crippen LogP contribution in [-0.4, -0.2) is 24.3 Å². The van der Waals surface area contributed by atoms with E-state index >= 15 is 0 Å². The molecule has 4 aliphatic carbocycles. The van der Waals surface area contributed by atoms with Crippen LogP contribution in [0.15, 0.2) is 24.3 Å². The Balaban J connectivity index is 1.31. The molecule has 0 saturated heterocycles. The van der Waals surface area contributed by atoms with Crippen molar-refractivity contribution in [1.82, 2.24) is 5.32 Å². The number of rotatable bonds is 6. The van der Waals surface area contributed by atoms with E-state index in [9.17, 15) is 9.59 Å². The summed E-state index contributed by atoms with van der Waals surface area (Å²) >= 11 is 0. The lowest BCUT2D eigenvalue weighted by molar-refractivity contribution is -0.124. The molecule has 26 heavy (non-hydrogen) atoms. The fourth-order valence-corrected chi connectivity index (χ4v) is 6.16. The first-order valence-electron chi connectivity index (χ1n) is 10.1. The quantitative estimate of drug-likeness (QED) is 0.759. The summed E-state index contributed by atoms with van der Waals surface area (Å²) in [5.41, 5.74) is 1.90. The lowest BCUT2D eigenvalue weighted by Gasteiger charge is -2.59. The number of amides is 1. The highest BCUT2D eigenvalue weighted by molar-refractivity contribution is 5.94. The minimum Gasteiger partial charge on any atom is -0.376 e. The molecule has 140 valence electrons. The fraction of sp³-hybridized carbons (Fsp3) is 0.636. The van der Waals surface area contributed by atoms with Gasteiger partial charge in [0.05, 0.1) is 6.54 Å². The van der Waals surface area contributed by atoms with Gasteiger partial charge in [-0.3, -0.25) is 9.59 Å². The molecule has 0 aromatic heterocycles. The molecule has 2 N–H and O–H groups in total. The van der Waals surface area contributed by atoms with Crippen LogP contribution in [0.4, 0.5) is 5.69 Å². The van der Waals surface area contributed by atoms with E-state index in [1.54, 1.807) is 19.1 Å². The molecular weight excluding hydrogens is 324 g/mol. The van der Waals surface area contributed by atoms with E-state index in [1.807, 2.05) is 12.1 Å². The third kappa shape index (κ3) is 3.38. The Morgan fingerprint density at radius 3 is 2.08 bits per heavy atom. The van der Waals surface area contributed by atoms with Crippen molar-refractivity contribution in [2.45, 2.75) is 58.4 Å². The molecule has 4 bridgehead atoms. The minimum atomic E-state index is 0.0543. The largest absolute Gasteiger partial charge is 0.376 e. The van der Waals surface area contributed by atoms with Crippen molar-refractivity contribution >= 4 is 17.4 Å². The molecule has 4 nitrogen and oxygen atoms in total. The second kappa shape index (κ2) is 6.71. The SMILES string of the molecule is CC(=O)c1ccc(NCC(=O)NC(C)C23CC4CC(CC(C4)C2)C3)cc1. The van der Waals surface area contributed by atoms with Gasteiger partial charge < -0.3 is 10.6 Å². The molecule has 0 radical (unpaired) electrons. The third-order valence-electron chi connectivity index (χ3n) is 7.13. The molecule has 4 saturated carbocycles. The highest BCUT2D eigenvalue weighted by Gasteiger charge is 2.53. The summed E-state index contributed by atoms with van der Waals surface area (Å²) < 4.78 is 0. The van der Waals surface area contributed by atoms with Crippen molar-refractivity contribution in [3.05, 3.63) is 29.8 Å². The Morgan fingerprint density at radius 1 is 1.04 bits per heavy atom. The predicted octanol–water partition coefficient (Wildman–Crippen LogP) is 4.02. The summed E-state index contributed by atoms with van der Waals surface area (Å²) in [4.78, 5) is 23.8. The molecule has 1 unspecified atom stereocenters. The van der Waals surface area contributed by atoms with Crippen LogP contribution in [0.2, 0.25) is 0 Å². The highest BCUT2D eigenvalue weighted by atomic mass is 16.2. The summed E-state index contributed by atoms with van der Waals surface area (Å²) in [6.45, 7) is 4.05. The van der Waals surface area contributed by atoms with Gasteiger partial charge >= 0.3 is 0 Å². The smallest absolute Gasteiger partial charge is 0.239 e. The van der Waals surface area contributed by atoms with Crippen LogP contribution in [0.1, 0.15) is 62.7 Å². The Kier molecular flexibility index (Phi) is 4.54. The molecule has 0 heterocycles. The molecule has 0 spiro atoms. The van der Waals surface area contributed by atoms with Crippen LogP contribution in [0, 0.1) is 23.2 Å².